The zero-order valence-electron chi connectivity index (χ0n) is 16.8. The Morgan fingerprint density at radius 3 is 2.11 bits per heavy atom. The lowest BCUT2D eigenvalue weighted by molar-refractivity contribution is -0.147. The van der Waals surface area contributed by atoms with Crippen molar-refractivity contribution < 1.29 is 28.5 Å². The van der Waals surface area contributed by atoms with Crippen LogP contribution >= 0.6 is 11.8 Å². The number of esters is 1. The Morgan fingerprint density at radius 1 is 1.07 bits per heavy atom. The topological polar surface area (TPSA) is 83.1 Å². The number of rotatable bonds is 11. The van der Waals surface area contributed by atoms with Gasteiger partial charge in [-0.3, -0.25) is 4.79 Å². The Kier molecular flexibility index (Phi) is 9.85. The highest BCUT2D eigenvalue weighted by molar-refractivity contribution is 7.98. The van der Waals surface area contributed by atoms with E-state index in [4.69, 9.17) is 18.9 Å². The molecule has 1 N–H and O–H groups in total. The van der Waals surface area contributed by atoms with E-state index >= 15 is 0 Å². The molecule has 7 nitrogen and oxygen atoms in total. The molecule has 0 spiro atoms. The standard InChI is InChI=1S/C19H29NO6S/c1-12(2)11-26-19(22)14(7-8-27-6)20-18(21)13-9-15(23-3)17(25-5)16(10-13)24-4/h9-10,12,14H,7-8,11H2,1-6H3,(H,20,21)/t14-/m0/s1. The van der Waals surface area contributed by atoms with Crippen LogP contribution in [0.2, 0.25) is 0 Å². The number of benzene rings is 1. The molecule has 0 aliphatic rings. The first kappa shape index (κ1) is 23.0. The lowest BCUT2D eigenvalue weighted by atomic mass is 10.1. The van der Waals surface area contributed by atoms with Gasteiger partial charge in [-0.2, -0.15) is 11.8 Å². The maximum Gasteiger partial charge on any atom is 0.328 e. The number of hydrogen-bond acceptors (Lipinski definition) is 7. The molecule has 1 amide bonds. The van der Waals surface area contributed by atoms with Gasteiger partial charge in [0.25, 0.3) is 5.91 Å². The molecular formula is C19H29NO6S. The van der Waals surface area contributed by atoms with E-state index < -0.39 is 17.9 Å². The van der Waals surface area contributed by atoms with E-state index in [1.165, 1.54) is 21.3 Å². The van der Waals surface area contributed by atoms with Gasteiger partial charge in [0.05, 0.1) is 27.9 Å². The highest BCUT2D eigenvalue weighted by atomic mass is 32.2. The van der Waals surface area contributed by atoms with Gasteiger partial charge in [0, 0.05) is 5.56 Å². The molecule has 8 heteroatoms. The normalized spacial score (nSPS) is 11.7. The predicted molar refractivity (Wildman–Crippen MR) is 106 cm³/mol. The zero-order chi connectivity index (χ0) is 20.4. The molecule has 0 bridgehead atoms. The summed E-state index contributed by atoms with van der Waals surface area (Å²) in [6, 6.07) is 2.37. The molecule has 1 aromatic carbocycles. The fraction of sp³-hybridized carbons (Fsp3) is 0.579. The second kappa shape index (κ2) is 11.6. The van der Waals surface area contributed by atoms with Crippen molar-refractivity contribution >= 4 is 23.6 Å². The van der Waals surface area contributed by atoms with Crippen LogP contribution in [-0.4, -0.2) is 57.9 Å². The lowest BCUT2D eigenvalue weighted by Crippen LogP contribution is -2.42. The van der Waals surface area contributed by atoms with Gasteiger partial charge in [-0.05, 0) is 36.5 Å². The van der Waals surface area contributed by atoms with Gasteiger partial charge in [-0.15, -0.1) is 0 Å². The fourth-order valence-electron chi connectivity index (χ4n) is 2.29. The van der Waals surface area contributed by atoms with Crippen molar-refractivity contribution in [1.82, 2.24) is 5.32 Å². The monoisotopic (exact) mass is 399 g/mol. The summed E-state index contributed by atoms with van der Waals surface area (Å²) in [5.74, 6) is 1.22. The van der Waals surface area contributed by atoms with Crippen LogP contribution in [0, 0.1) is 5.92 Å². The first-order valence-electron chi connectivity index (χ1n) is 8.64. The van der Waals surface area contributed by atoms with Crippen molar-refractivity contribution in [2.75, 3.05) is 39.9 Å². The maximum atomic E-state index is 12.7. The molecule has 0 aliphatic heterocycles. The summed E-state index contributed by atoms with van der Waals surface area (Å²) in [7, 11) is 4.44. The van der Waals surface area contributed by atoms with E-state index in [2.05, 4.69) is 5.32 Å². The molecule has 27 heavy (non-hydrogen) atoms. The third-order valence-electron chi connectivity index (χ3n) is 3.69. The molecule has 0 aromatic heterocycles. The Bertz CT molecular complexity index is 610. The van der Waals surface area contributed by atoms with Crippen LogP contribution in [0.1, 0.15) is 30.6 Å². The third kappa shape index (κ3) is 6.86. The average Bonchev–Trinajstić information content (AvgIpc) is 2.67. The number of ether oxygens (including phenoxy) is 4. The molecule has 1 atom stereocenters. The summed E-state index contributed by atoms with van der Waals surface area (Å²) in [5, 5.41) is 2.75. The largest absolute Gasteiger partial charge is 0.493 e. The van der Waals surface area contributed by atoms with Crippen molar-refractivity contribution in [3.05, 3.63) is 17.7 Å². The van der Waals surface area contributed by atoms with Crippen LogP contribution in [0.3, 0.4) is 0 Å². The number of thioether (sulfide) groups is 1. The molecule has 0 saturated heterocycles. The second-order valence-electron chi connectivity index (χ2n) is 6.25. The van der Waals surface area contributed by atoms with Gasteiger partial charge in [0.15, 0.2) is 11.5 Å². The van der Waals surface area contributed by atoms with Crippen molar-refractivity contribution in [3.8, 4) is 17.2 Å². The average molecular weight is 400 g/mol. The van der Waals surface area contributed by atoms with E-state index in [1.54, 1.807) is 23.9 Å². The van der Waals surface area contributed by atoms with Crippen molar-refractivity contribution in [1.29, 1.82) is 0 Å². The molecule has 152 valence electrons. The number of nitrogens with one attached hydrogen (secondary N) is 1. The van der Waals surface area contributed by atoms with Gasteiger partial charge in [0.2, 0.25) is 5.75 Å². The van der Waals surface area contributed by atoms with Crippen molar-refractivity contribution in [2.45, 2.75) is 26.3 Å². The summed E-state index contributed by atoms with van der Waals surface area (Å²) in [6.45, 7) is 4.23. The molecule has 0 saturated carbocycles. The fourth-order valence-corrected chi connectivity index (χ4v) is 2.76. The molecule has 0 radical (unpaired) electrons. The number of carbonyl (C=O) groups excluding carboxylic acids is 2. The minimum Gasteiger partial charge on any atom is -0.493 e. The van der Waals surface area contributed by atoms with Gasteiger partial charge in [0.1, 0.15) is 6.04 Å². The quantitative estimate of drug-likeness (QED) is 0.573. The minimum atomic E-state index is -0.720. The molecule has 0 aliphatic carbocycles. The Labute approximate surface area is 165 Å². The molecule has 0 heterocycles. The zero-order valence-corrected chi connectivity index (χ0v) is 17.6. The Hall–Kier alpha value is -2.09. The van der Waals surface area contributed by atoms with Crippen LogP contribution in [0.5, 0.6) is 17.2 Å². The molecule has 1 aromatic rings. The third-order valence-corrected chi connectivity index (χ3v) is 4.33. The van der Waals surface area contributed by atoms with E-state index in [9.17, 15) is 9.59 Å². The lowest BCUT2D eigenvalue weighted by Gasteiger charge is -2.19. The van der Waals surface area contributed by atoms with Crippen LogP contribution in [0.4, 0.5) is 0 Å². The second-order valence-corrected chi connectivity index (χ2v) is 7.23. The van der Waals surface area contributed by atoms with Crippen LogP contribution in [0.15, 0.2) is 12.1 Å². The first-order chi connectivity index (χ1) is 12.9. The van der Waals surface area contributed by atoms with Gasteiger partial charge in [-0.1, -0.05) is 13.8 Å². The van der Waals surface area contributed by atoms with E-state index in [0.29, 0.717) is 35.8 Å². The van der Waals surface area contributed by atoms with Gasteiger partial charge in [-0.25, -0.2) is 4.79 Å². The number of methoxy groups -OCH3 is 3. The molecule has 1 rings (SSSR count). The van der Waals surface area contributed by atoms with Crippen molar-refractivity contribution in [3.63, 3.8) is 0 Å². The number of carbonyl (C=O) groups is 2. The highest BCUT2D eigenvalue weighted by Gasteiger charge is 2.24. The summed E-state index contributed by atoms with van der Waals surface area (Å²) in [5.41, 5.74) is 0.301. The highest BCUT2D eigenvalue weighted by Crippen LogP contribution is 2.38. The number of amides is 1. The summed E-state index contributed by atoms with van der Waals surface area (Å²) in [4.78, 5) is 25.1. The predicted octanol–water partition coefficient (Wildman–Crippen LogP) is 2.76. The van der Waals surface area contributed by atoms with Gasteiger partial charge >= 0.3 is 5.97 Å². The maximum absolute atomic E-state index is 12.7. The summed E-state index contributed by atoms with van der Waals surface area (Å²) in [6.07, 6.45) is 2.42. The van der Waals surface area contributed by atoms with Crippen LogP contribution in [0.25, 0.3) is 0 Å². The van der Waals surface area contributed by atoms with E-state index in [1.807, 2.05) is 20.1 Å². The van der Waals surface area contributed by atoms with E-state index in [0.717, 1.165) is 5.75 Å². The van der Waals surface area contributed by atoms with Crippen molar-refractivity contribution in [2.24, 2.45) is 5.92 Å². The Morgan fingerprint density at radius 2 is 1.67 bits per heavy atom. The molecule has 0 fully saturated rings. The smallest absolute Gasteiger partial charge is 0.328 e. The summed E-state index contributed by atoms with van der Waals surface area (Å²) >= 11 is 1.60. The minimum absolute atomic E-state index is 0.223. The SMILES string of the molecule is COc1cc(C(=O)N[C@@H](CCSC)C(=O)OCC(C)C)cc(OC)c1OC. The number of hydrogen-bond donors (Lipinski definition) is 1. The van der Waals surface area contributed by atoms with E-state index in [-0.39, 0.29) is 5.92 Å². The van der Waals surface area contributed by atoms with Crippen LogP contribution in [-0.2, 0) is 9.53 Å². The summed E-state index contributed by atoms with van der Waals surface area (Å²) < 4.78 is 21.1. The van der Waals surface area contributed by atoms with Gasteiger partial charge < -0.3 is 24.3 Å². The molecule has 0 unspecified atom stereocenters. The van der Waals surface area contributed by atoms with Crippen LogP contribution < -0.4 is 19.5 Å². The first-order valence-corrected chi connectivity index (χ1v) is 10.0. The Balaban J connectivity index is 3.01. The molecular weight excluding hydrogens is 370 g/mol.